The molecule has 1 aliphatic carbocycles. The number of amides is 1. The molecule has 1 spiro atoms. The fourth-order valence-corrected chi connectivity index (χ4v) is 5.59. The Morgan fingerprint density at radius 1 is 1.10 bits per heavy atom. The van der Waals surface area contributed by atoms with Gasteiger partial charge < -0.3 is 0 Å². The molecule has 1 aromatic carbocycles. The maximum atomic E-state index is 13.3. The Balaban J connectivity index is 1.57. The maximum Gasteiger partial charge on any atom is 0.267 e. The quantitative estimate of drug-likeness (QED) is 0.662. The molecule has 0 N–H and O–H groups in total. The third-order valence-electron chi connectivity index (χ3n) is 6.15. The van der Waals surface area contributed by atoms with Crippen LogP contribution in [0.2, 0.25) is 0 Å². The van der Waals surface area contributed by atoms with Crippen molar-refractivity contribution in [3.05, 3.63) is 53.9 Å². The molecule has 0 bridgehead atoms. The standard InChI is InChI=1S/C23H29N3O3S/c1-3-4-7-21-24-23(13-5-6-14-23)22(27)26(21)17-19-12-15-25(16-19)30(28,29)20-10-8-18(2)9-11-20/h8-12,15-16H,3-7,13-14,17H2,1-2H3. The van der Waals surface area contributed by atoms with Gasteiger partial charge in [0.1, 0.15) is 11.4 Å². The van der Waals surface area contributed by atoms with Crippen LogP contribution in [0, 0.1) is 6.92 Å². The lowest BCUT2D eigenvalue weighted by molar-refractivity contribution is -0.131. The number of aromatic nitrogens is 1. The summed E-state index contributed by atoms with van der Waals surface area (Å²) < 4.78 is 27.1. The summed E-state index contributed by atoms with van der Waals surface area (Å²) in [5.41, 5.74) is 1.23. The Morgan fingerprint density at radius 2 is 1.80 bits per heavy atom. The van der Waals surface area contributed by atoms with Crippen LogP contribution in [0.15, 0.2) is 52.6 Å². The molecular weight excluding hydrogens is 398 g/mol. The van der Waals surface area contributed by atoms with Crippen LogP contribution in [0.5, 0.6) is 0 Å². The number of benzene rings is 1. The Morgan fingerprint density at radius 3 is 2.47 bits per heavy atom. The second-order valence-corrected chi connectivity index (χ2v) is 10.3. The number of aliphatic imine (C=N–C) groups is 1. The van der Waals surface area contributed by atoms with E-state index in [2.05, 4.69) is 6.92 Å². The first-order valence-corrected chi connectivity index (χ1v) is 12.2. The monoisotopic (exact) mass is 427 g/mol. The highest BCUT2D eigenvalue weighted by molar-refractivity contribution is 7.90. The number of nitrogens with zero attached hydrogens (tertiary/aromatic N) is 3. The Bertz CT molecular complexity index is 1060. The van der Waals surface area contributed by atoms with E-state index < -0.39 is 15.6 Å². The normalized spacial score (nSPS) is 18.4. The van der Waals surface area contributed by atoms with Crippen LogP contribution in [0.3, 0.4) is 0 Å². The number of amidine groups is 1. The third kappa shape index (κ3) is 3.71. The predicted molar refractivity (Wildman–Crippen MR) is 117 cm³/mol. The van der Waals surface area contributed by atoms with Crippen molar-refractivity contribution in [2.45, 2.75) is 75.8 Å². The van der Waals surface area contributed by atoms with Crippen molar-refractivity contribution >= 4 is 21.8 Å². The van der Waals surface area contributed by atoms with Gasteiger partial charge in [0.25, 0.3) is 15.9 Å². The van der Waals surface area contributed by atoms with E-state index in [1.54, 1.807) is 47.6 Å². The highest BCUT2D eigenvalue weighted by atomic mass is 32.2. The molecule has 1 aliphatic heterocycles. The van der Waals surface area contributed by atoms with Crippen LogP contribution in [-0.2, 0) is 21.4 Å². The van der Waals surface area contributed by atoms with Crippen LogP contribution >= 0.6 is 0 Å². The molecule has 160 valence electrons. The van der Waals surface area contributed by atoms with E-state index in [1.165, 1.54) is 3.97 Å². The average molecular weight is 428 g/mol. The minimum atomic E-state index is -3.65. The van der Waals surface area contributed by atoms with Crippen molar-refractivity contribution in [1.82, 2.24) is 8.87 Å². The van der Waals surface area contributed by atoms with E-state index in [4.69, 9.17) is 4.99 Å². The highest BCUT2D eigenvalue weighted by Crippen LogP contribution is 2.40. The summed E-state index contributed by atoms with van der Waals surface area (Å²) in [6.45, 7) is 4.41. The van der Waals surface area contributed by atoms with Gasteiger partial charge in [0.2, 0.25) is 0 Å². The zero-order chi connectivity index (χ0) is 21.4. The van der Waals surface area contributed by atoms with E-state index in [-0.39, 0.29) is 10.8 Å². The van der Waals surface area contributed by atoms with E-state index in [1.807, 2.05) is 6.92 Å². The number of hydrogen-bond acceptors (Lipinski definition) is 4. The number of aryl methyl sites for hydroxylation is 1. The first-order valence-electron chi connectivity index (χ1n) is 10.8. The Kier molecular flexibility index (Phi) is 5.57. The van der Waals surface area contributed by atoms with Gasteiger partial charge in [-0.15, -0.1) is 0 Å². The fraction of sp³-hybridized carbons (Fsp3) is 0.478. The number of hydrogen-bond donors (Lipinski definition) is 0. The van der Waals surface area contributed by atoms with Gasteiger partial charge in [-0.25, -0.2) is 12.4 Å². The SMILES string of the molecule is CCCCC1=NC2(CCCC2)C(=O)N1Cc1ccn(S(=O)(=O)c2ccc(C)cc2)c1. The van der Waals surface area contributed by atoms with Gasteiger partial charge in [0.15, 0.2) is 0 Å². The number of rotatable bonds is 7. The van der Waals surface area contributed by atoms with Gasteiger partial charge in [0, 0.05) is 18.8 Å². The van der Waals surface area contributed by atoms with E-state index in [9.17, 15) is 13.2 Å². The zero-order valence-electron chi connectivity index (χ0n) is 17.7. The summed E-state index contributed by atoms with van der Waals surface area (Å²) in [6, 6.07) is 8.59. The molecule has 30 heavy (non-hydrogen) atoms. The average Bonchev–Trinajstić information content (AvgIpc) is 3.44. The molecule has 6 nitrogen and oxygen atoms in total. The van der Waals surface area contributed by atoms with Crippen molar-refractivity contribution in [3.8, 4) is 0 Å². The molecule has 0 atom stereocenters. The van der Waals surface area contributed by atoms with Crippen LogP contribution in [0.25, 0.3) is 0 Å². The minimum absolute atomic E-state index is 0.0836. The molecule has 4 rings (SSSR count). The summed E-state index contributed by atoms with van der Waals surface area (Å²) >= 11 is 0. The number of carbonyl (C=O) groups excluding carboxylic acids is 1. The predicted octanol–water partition coefficient (Wildman–Crippen LogP) is 4.28. The molecule has 7 heteroatoms. The largest absolute Gasteiger partial charge is 0.294 e. The lowest BCUT2D eigenvalue weighted by Gasteiger charge is -2.22. The van der Waals surface area contributed by atoms with Gasteiger partial charge in [-0.05, 0) is 49.9 Å². The molecule has 1 saturated carbocycles. The van der Waals surface area contributed by atoms with Crippen molar-refractivity contribution < 1.29 is 13.2 Å². The summed E-state index contributed by atoms with van der Waals surface area (Å²) in [5.74, 6) is 0.943. The first kappa shape index (κ1) is 20.8. The Hall–Kier alpha value is -2.41. The van der Waals surface area contributed by atoms with Crippen LogP contribution in [-0.4, -0.2) is 34.6 Å². The van der Waals surface area contributed by atoms with E-state index >= 15 is 0 Å². The van der Waals surface area contributed by atoms with Crippen molar-refractivity contribution in [2.75, 3.05) is 0 Å². The summed E-state index contributed by atoms with van der Waals surface area (Å²) in [4.78, 5) is 20.2. The fourth-order valence-electron chi connectivity index (χ4n) is 4.37. The summed E-state index contributed by atoms with van der Waals surface area (Å²) in [5, 5.41) is 0. The zero-order valence-corrected chi connectivity index (χ0v) is 18.5. The molecule has 2 heterocycles. The maximum absolute atomic E-state index is 13.3. The second kappa shape index (κ2) is 8.02. The van der Waals surface area contributed by atoms with Crippen LogP contribution in [0.4, 0.5) is 0 Å². The van der Waals surface area contributed by atoms with Crippen LogP contribution in [0.1, 0.15) is 63.0 Å². The van der Waals surface area contributed by atoms with Gasteiger partial charge >= 0.3 is 0 Å². The van der Waals surface area contributed by atoms with E-state index in [0.29, 0.717) is 6.54 Å². The highest BCUT2D eigenvalue weighted by Gasteiger charge is 2.49. The molecule has 1 aromatic heterocycles. The summed E-state index contributed by atoms with van der Waals surface area (Å²) in [6.07, 6.45) is 9.69. The van der Waals surface area contributed by atoms with E-state index in [0.717, 1.165) is 61.9 Å². The first-order chi connectivity index (χ1) is 14.4. The number of unbranched alkanes of at least 4 members (excludes halogenated alkanes) is 1. The molecular formula is C23H29N3O3S. The molecule has 2 aromatic rings. The van der Waals surface area contributed by atoms with Gasteiger partial charge in [-0.2, -0.15) is 0 Å². The van der Waals surface area contributed by atoms with Crippen molar-refractivity contribution in [3.63, 3.8) is 0 Å². The molecule has 1 amide bonds. The Labute approximate surface area is 178 Å². The third-order valence-corrected chi connectivity index (χ3v) is 7.80. The molecule has 0 radical (unpaired) electrons. The smallest absolute Gasteiger partial charge is 0.267 e. The molecule has 2 aliphatic rings. The van der Waals surface area contributed by atoms with Crippen molar-refractivity contribution in [2.24, 2.45) is 4.99 Å². The molecule has 0 saturated heterocycles. The van der Waals surface area contributed by atoms with Gasteiger partial charge in [-0.3, -0.25) is 14.7 Å². The lowest BCUT2D eigenvalue weighted by atomic mass is 9.98. The second-order valence-electron chi connectivity index (χ2n) is 8.43. The van der Waals surface area contributed by atoms with Crippen molar-refractivity contribution in [1.29, 1.82) is 0 Å². The summed E-state index contributed by atoms with van der Waals surface area (Å²) in [7, 11) is -3.65. The molecule has 0 unspecified atom stereocenters. The topological polar surface area (TPSA) is 71.7 Å². The van der Waals surface area contributed by atoms with Crippen LogP contribution < -0.4 is 0 Å². The van der Waals surface area contributed by atoms with Gasteiger partial charge in [0.05, 0.1) is 11.4 Å². The minimum Gasteiger partial charge on any atom is -0.294 e. The number of carbonyl (C=O) groups is 1. The molecule has 1 fully saturated rings. The van der Waals surface area contributed by atoms with Gasteiger partial charge in [-0.1, -0.05) is 43.9 Å². The lowest BCUT2D eigenvalue weighted by Crippen LogP contribution is -2.40.